The zero-order valence-corrected chi connectivity index (χ0v) is 16.7. The summed E-state index contributed by atoms with van der Waals surface area (Å²) in [4.78, 5) is 18.0. The van der Waals surface area contributed by atoms with Gasteiger partial charge in [0.2, 0.25) is 5.91 Å². The number of amides is 1. The molecule has 2 aliphatic rings. The predicted octanol–water partition coefficient (Wildman–Crippen LogP) is 3.35. The van der Waals surface area contributed by atoms with E-state index >= 15 is 0 Å². The highest BCUT2D eigenvalue weighted by atomic mass is 19.1. The fraction of sp³-hybridized carbons (Fsp3) is 0.391. The van der Waals surface area contributed by atoms with Gasteiger partial charge in [0, 0.05) is 44.2 Å². The second-order valence-electron chi connectivity index (χ2n) is 7.89. The smallest absolute Gasteiger partial charge is 0.227 e. The van der Waals surface area contributed by atoms with Gasteiger partial charge in [0.15, 0.2) is 5.96 Å². The fourth-order valence-corrected chi connectivity index (χ4v) is 3.91. The molecule has 0 radical (unpaired) electrons. The van der Waals surface area contributed by atoms with Crippen LogP contribution in [-0.4, -0.2) is 32.0 Å². The summed E-state index contributed by atoms with van der Waals surface area (Å²) in [6.07, 6.45) is 3.68. The van der Waals surface area contributed by atoms with Gasteiger partial charge < -0.3 is 15.5 Å². The van der Waals surface area contributed by atoms with Crippen LogP contribution >= 0.6 is 0 Å². The van der Waals surface area contributed by atoms with Crippen LogP contribution < -0.4 is 15.5 Å². The number of halogens is 1. The molecule has 1 saturated carbocycles. The van der Waals surface area contributed by atoms with Crippen LogP contribution in [0.2, 0.25) is 0 Å². The first-order valence-electron chi connectivity index (χ1n) is 10.2. The number of anilines is 1. The number of carbonyl (C=O) groups is 1. The average Bonchev–Trinajstić information content (AvgIpc) is 3.42. The lowest BCUT2D eigenvalue weighted by Gasteiger charge is -2.19. The first-order chi connectivity index (χ1) is 14.1. The normalized spacial score (nSPS) is 18.1. The van der Waals surface area contributed by atoms with E-state index in [0.717, 1.165) is 55.1 Å². The number of rotatable bonds is 6. The topological polar surface area (TPSA) is 56.7 Å². The largest absolute Gasteiger partial charge is 0.356 e. The lowest BCUT2D eigenvalue weighted by molar-refractivity contribution is -0.117. The minimum Gasteiger partial charge on any atom is -0.356 e. The van der Waals surface area contributed by atoms with Crippen molar-refractivity contribution in [2.75, 3.05) is 25.0 Å². The zero-order chi connectivity index (χ0) is 20.3. The van der Waals surface area contributed by atoms with Gasteiger partial charge in [-0.2, -0.15) is 0 Å². The number of hydrogen-bond acceptors (Lipinski definition) is 2. The quantitative estimate of drug-likeness (QED) is 0.584. The Morgan fingerprint density at radius 2 is 1.97 bits per heavy atom. The molecule has 1 amide bonds. The van der Waals surface area contributed by atoms with Crippen molar-refractivity contribution in [3.63, 3.8) is 0 Å². The Morgan fingerprint density at radius 1 is 1.17 bits per heavy atom. The van der Waals surface area contributed by atoms with Gasteiger partial charge in [0.05, 0.1) is 0 Å². The number of benzene rings is 2. The molecule has 2 aromatic carbocycles. The van der Waals surface area contributed by atoms with E-state index in [1.807, 2.05) is 35.2 Å². The summed E-state index contributed by atoms with van der Waals surface area (Å²) in [5.74, 6) is 0.745. The Bertz CT molecular complexity index is 905. The fourth-order valence-electron chi connectivity index (χ4n) is 3.91. The van der Waals surface area contributed by atoms with Crippen LogP contribution in [0.1, 0.15) is 36.8 Å². The van der Waals surface area contributed by atoms with Crippen LogP contribution in [0.25, 0.3) is 0 Å². The van der Waals surface area contributed by atoms with E-state index in [-0.39, 0.29) is 17.1 Å². The van der Waals surface area contributed by atoms with Crippen molar-refractivity contribution in [2.45, 2.75) is 37.6 Å². The van der Waals surface area contributed by atoms with Gasteiger partial charge in [-0.15, -0.1) is 0 Å². The summed E-state index contributed by atoms with van der Waals surface area (Å²) in [7, 11) is 1.75. The molecule has 2 aromatic rings. The molecule has 2 N–H and O–H groups in total. The Morgan fingerprint density at radius 3 is 2.59 bits per heavy atom. The van der Waals surface area contributed by atoms with E-state index in [2.05, 4.69) is 15.6 Å². The highest BCUT2D eigenvalue weighted by molar-refractivity contribution is 5.95. The number of carbonyl (C=O) groups excluding carboxylic acids is 1. The SMILES string of the molecule is CN=C(NCc1ccc(N2CCCC2=O)cc1)NCC1(c2cccc(F)c2)CC1. The van der Waals surface area contributed by atoms with Gasteiger partial charge in [-0.05, 0) is 54.7 Å². The first kappa shape index (κ1) is 19.4. The number of nitrogens with one attached hydrogen (secondary N) is 2. The van der Waals surface area contributed by atoms with E-state index in [1.54, 1.807) is 19.2 Å². The van der Waals surface area contributed by atoms with Crippen LogP contribution in [0.15, 0.2) is 53.5 Å². The van der Waals surface area contributed by atoms with Gasteiger partial charge in [0.25, 0.3) is 0 Å². The lowest BCUT2D eigenvalue weighted by atomic mass is 9.96. The van der Waals surface area contributed by atoms with Crippen molar-refractivity contribution < 1.29 is 9.18 Å². The van der Waals surface area contributed by atoms with Crippen LogP contribution in [0.4, 0.5) is 10.1 Å². The lowest BCUT2D eigenvalue weighted by Crippen LogP contribution is -2.40. The molecule has 1 aliphatic heterocycles. The molecule has 1 saturated heterocycles. The van der Waals surface area contributed by atoms with Crippen molar-refractivity contribution >= 4 is 17.6 Å². The summed E-state index contributed by atoms with van der Waals surface area (Å²) in [6, 6.07) is 15.0. The van der Waals surface area contributed by atoms with E-state index in [1.165, 1.54) is 6.07 Å². The minimum atomic E-state index is -0.185. The van der Waals surface area contributed by atoms with Gasteiger partial charge in [0.1, 0.15) is 5.82 Å². The number of aliphatic imine (C=N–C) groups is 1. The molecule has 1 heterocycles. The Balaban J connectivity index is 1.30. The van der Waals surface area contributed by atoms with E-state index in [0.29, 0.717) is 13.0 Å². The van der Waals surface area contributed by atoms with E-state index < -0.39 is 0 Å². The van der Waals surface area contributed by atoms with E-state index in [9.17, 15) is 9.18 Å². The summed E-state index contributed by atoms with van der Waals surface area (Å²) in [5.41, 5.74) is 3.13. The maximum atomic E-state index is 13.6. The molecule has 2 fully saturated rings. The number of guanidine groups is 1. The molecule has 5 nitrogen and oxygen atoms in total. The van der Waals surface area contributed by atoms with Crippen molar-refractivity contribution in [1.82, 2.24) is 10.6 Å². The summed E-state index contributed by atoms with van der Waals surface area (Å²) >= 11 is 0. The molecule has 152 valence electrons. The highest BCUT2D eigenvalue weighted by Crippen LogP contribution is 2.47. The van der Waals surface area contributed by atoms with Crippen LogP contribution in [0, 0.1) is 5.82 Å². The zero-order valence-electron chi connectivity index (χ0n) is 16.7. The Labute approximate surface area is 171 Å². The van der Waals surface area contributed by atoms with Crippen molar-refractivity contribution in [3.8, 4) is 0 Å². The summed E-state index contributed by atoms with van der Waals surface area (Å²) < 4.78 is 13.6. The molecule has 4 rings (SSSR count). The second-order valence-corrected chi connectivity index (χ2v) is 7.89. The molecule has 29 heavy (non-hydrogen) atoms. The number of hydrogen-bond donors (Lipinski definition) is 2. The molecular weight excluding hydrogens is 367 g/mol. The monoisotopic (exact) mass is 394 g/mol. The summed E-state index contributed by atoms with van der Waals surface area (Å²) in [5, 5.41) is 6.72. The van der Waals surface area contributed by atoms with Gasteiger partial charge >= 0.3 is 0 Å². The van der Waals surface area contributed by atoms with Gasteiger partial charge in [-0.1, -0.05) is 24.3 Å². The van der Waals surface area contributed by atoms with Gasteiger partial charge in [-0.25, -0.2) is 4.39 Å². The second kappa shape index (κ2) is 8.23. The number of nitrogens with zero attached hydrogens (tertiary/aromatic N) is 2. The Hall–Kier alpha value is -2.89. The third-order valence-corrected chi connectivity index (χ3v) is 5.89. The predicted molar refractivity (Wildman–Crippen MR) is 114 cm³/mol. The van der Waals surface area contributed by atoms with Crippen molar-refractivity contribution in [3.05, 3.63) is 65.5 Å². The third kappa shape index (κ3) is 4.42. The molecule has 0 unspecified atom stereocenters. The Kier molecular flexibility index (Phi) is 5.51. The molecule has 0 spiro atoms. The van der Waals surface area contributed by atoms with Crippen LogP contribution in [0.5, 0.6) is 0 Å². The standard InChI is InChI=1S/C23H27FN4O/c1-25-22(27-16-23(11-12-23)18-4-2-5-19(24)14-18)26-15-17-7-9-20(10-8-17)28-13-3-6-21(28)29/h2,4-5,7-10,14H,3,6,11-13,15-16H2,1H3,(H2,25,26,27). The van der Waals surface area contributed by atoms with Crippen LogP contribution in [0.3, 0.4) is 0 Å². The molecule has 1 aliphatic carbocycles. The molecule has 0 bridgehead atoms. The molecule has 0 atom stereocenters. The summed E-state index contributed by atoms with van der Waals surface area (Å²) in [6.45, 7) is 2.17. The maximum absolute atomic E-state index is 13.6. The molecule has 0 aromatic heterocycles. The first-order valence-corrected chi connectivity index (χ1v) is 10.2. The average molecular weight is 394 g/mol. The minimum absolute atomic E-state index is 0.00361. The molecule has 6 heteroatoms. The van der Waals surface area contributed by atoms with E-state index in [4.69, 9.17) is 0 Å². The molecular formula is C23H27FN4O. The van der Waals surface area contributed by atoms with Crippen LogP contribution in [-0.2, 0) is 16.8 Å². The van der Waals surface area contributed by atoms with Crippen molar-refractivity contribution in [1.29, 1.82) is 0 Å². The highest BCUT2D eigenvalue weighted by Gasteiger charge is 2.44. The third-order valence-electron chi connectivity index (χ3n) is 5.89. The van der Waals surface area contributed by atoms with Gasteiger partial charge in [-0.3, -0.25) is 9.79 Å². The van der Waals surface area contributed by atoms with Crippen molar-refractivity contribution in [2.24, 2.45) is 4.99 Å². The maximum Gasteiger partial charge on any atom is 0.227 e.